The van der Waals surface area contributed by atoms with Crippen LogP contribution in [0.15, 0.2) is 17.1 Å². The number of hydrogen-bond acceptors (Lipinski definition) is 4. The van der Waals surface area contributed by atoms with Gasteiger partial charge in [-0.05, 0) is 45.8 Å². The van der Waals surface area contributed by atoms with E-state index in [1.165, 1.54) is 21.0 Å². The molecule has 5 heteroatoms. The van der Waals surface area contributed by atoms with E-state index in [2.05, 4.69) is 42.1 Å². The molecule has 0 saturated carbocycles. The van der Waals surface area contributed by atoms with Crippen molar-refractivity contribution in [2.75, 3.05) is 0 Å². The monoisotopic (exact) mass is 286 g/mol. The Kier molecular flexibility index (Phi) is 2.90. The summed E-state index contributed by atoms with van der Waals surface area (Å²) in [5.41, 5.74) is 4.46. The molecule has 0 spiro atoms. The summed E-state index contributed by atoms with van der Waals surface area (Å²) < 4.78 is 2.14. The van der Waals surface area contributed by atoms with Crippen molar-refractivity contribution in [1.29, 1.82) is 0 Å². The van der Waals surface area contributed by atoms with Crippen LogP contribution in [-0.2, 0) is 0 Å². The molecule has 20 heavy (non-hydrogen) atoms. The topological polar surface area (TPSA) is 43.1 Å². The number of hydrogen-bond donors (Lipinski definition) is 0. The average molecular weight is 286 g/mol. The molecule has 0 saturated heterocycles. The Morgan fingerprint density at radius 2 is 1.95 bits per heavy atom. The predicted molar refractivity (Wildman–Crippen MR) is 83.2 cm³/mol. The van der Waals surface area contributed by atoms with Crippen LogP contribution in [0.5, 0.6) is 0 Å². The van der Waals surface area contributed by atoms with Crippen molar-refractivity contribution < 1.29 is 0 Å². The first-order chi connectivity index (χ1) is 9.41. The molecule has 0 amide bonds. The summed E-state index contributed by atoms with van der Waals surface area (Å²) in [6.45, 7) is 14.5. The average Bonchev–Trinajstić information content (AvgIpc) is 2.84. The third-order valence-electron chi connectivity index (χ3n) is 3.76. The summed E-state index contributed by atoms with van der Waals surface area (Å²) in [6.07, 6.45) is 0. The second kappa shape index (κ2) is 4.38. The van der Waals surface area contributed by atoms with Crippen LogP contribution < -0.4 is 0 Å². The lowest BCUT2D eigenvalue weighted by Crippen LogP contribution is -2.06. The number of fused-ring (bicyclic) bond motifs is 3. The molecule has 0 N–H and O–H groups in total. The zero-order chi connectivity index (χ0) is 14.6. The van der Waals surface area contributed by atoms with Gasteiger partial charge in [0.05, 0.1) is 5.71 Å². The van der Waals surface area contributed by atoms with Gasteiger partial charge < -0.3 is 0 Å². The third kappa shape index (κ3) is 1.69. The van der Waals surface area contributed by atoms with Gasteiger partial charge >= 0.3 is 0 Å². The summed E-state index contributed by atoms with van der Waals surface area (Å²) in [7, 11) is 0. The van der Waals surface area contributed by atoms with Crippen LogP contribution in [0.4, 0.5) is 0 Å². The molecule has 3 rings (SSSR count). The fourth-order valence-corrected chi connectivity index (χ4v) is 3.80. The Bertz CT molecular complexity index is 748. The molecule has 0 fully saturated rings. The Hall–Kier alpha value is -1.75. The van der Waals surface area contributed by atoms with E-state index in [4.69, 9.17) is 4.99 Å². The second-order valence-corrected chi connectivity index (χ2v) is 6.54. The molecule has 0 bridgehead atoms. The van der Waals surface area contributed by atoms with Crippen LogP contribution in [0.3, 0.4) is 0 Å². The first kappa shape index (κ1) is 13.2. The lowest BCUT2D eigenvalue weighted by Gasteiger charge is -2.08. The molecule has 1 unspecified atom stereocenters. The van der Waals surface area contributed by atoms with Crippen LogP contribution in [0.2, 0.25) is 0 Å². The highest BCUT2D eigenvalue weighted by molar-refractivity contribution is 7.15. The predicted octanol–water partition coefficient (Wildman–Crippen LogP) is 3.69. The maximum Gasteiger partial charge on any atom is 0.162 e. The van der Waals surface area contributed by atoms with E-state index in [1.807, 2.05) is 13.8 Å². The zero-order valence-corrected chi connectivity index (χ0v) is 13.3. The molecule has 2 aromatic heterocycles. The Morgan fingerprint density at radius 3 is 2.60 bits per heavy atom. The number of allylic oxidation sites excluding steroid dienone is 1. The molecule has 4 nitrogen and oxygen atoms in total. The van der Waals surface area contributed by atoms with E-state index >= 15 is 0 Å². The highest BCUT2D eigenvalue weighted by Gasteiger charge is 2.28. The van der Waals surface area contributed by atoms with Crippen LogP contribution in [0.25, 0.3) is 5.00 Å². The SMILES string of the molecule is C=C(C)C1=NC(C)c2nnc(C)n2-c2sc(C)c(C)c21. The second-order valence-electron chi connectivity index (χ2n) is 5.34. The highest BCUT2D eigenvalue weighted by atomic mass is 32.1. The molecule has 0 radical (unpaired) electrons. The molecule has 2 aromatic rings. The zero-order valence-electron chi connectivity index (χ0n) is 12.5. The van der Waals surface area contributed by atoms with Crippen molar-refractivity contribution >= 4 is 17.0 Å². The number of aliphatic imine (C=N–C) groups is 1. The van der Waals surface area contributed by atoms with E-state index in [-0.39, 0.29) is 6.04 Å². The van der Waals surface area contributed by atoms with Crippen LogP contribution >= 0.6 is 11.3 Å². The summed E-state index contributed by atoms with van der Waals surface area (Å²) in [6, 6.07) is -0.0118. The summed E-state index contributed by atoms with van der Waals surface area (Å²) in [5.74, 6) is 1.81. The maximum atomic E-state index is 4.85. The fraction of sp³-hybridized carbons (Fsp3) is 0.400. The van der Waals surface area contributed by atoms with Gasteiger partial charge in [-0.25, -0.2) is 0 Å². The van der Waals surface area contributed by atoms with Gasteiger partial charge in [-0.2, -0.15) is 0 Å². The van der Waals surface area contributed by atoms with Gasteiger partial charge in [-0.1, -0.05) is 6.58 Å². The normalized spacial score (nSPS) is 17.2. The van der Waals surface area contributed by atoms with Gasteiger partial charge in [0.1, 0.15) is 16.9 Å². The van der Waals surface area contributed by atoms with Crippen LogP contribution in [0, 0.1) is 20.8 Å². The first-order valence-corrected chi connectivity index (χ1v) is 7.49. The molecule has 0 aromatic carbocycles. The smallest absolute Gasteiger partial charge is 0.162 e. The molecule has 1 aliphatic rings. The maximum absolute atomic E-state index is 4.85. The van der Waals surface area contributed by atoms with E-state index < -0.39 is 0 Å². The van der Waals surface area contributed by atoms with Gasteiger partial charge in [0.15, 0.2) is 5.82 Å². The molecule has 0 aliphatic carbocycles. The first-order valence-electron chi connectivity index (χ1n) is 6.68. The van der Waals surface area contributed by atoms with Gasteiger partial charge in [0, 0.05) is 10.4 Å². The van der Waals surface area contributed by atoms with E-state index in [0.717, 1.165) is 22.9 Å². The Labute approximate surface area is 122 Å². The summed E-state index contributed by atoms with van der Waals surface area (Å²) in [5, 5.41) is 9.71. The molecule has 1 aliphatic heterocycles. The third-order valence-corrected chi connectivity index (χ3v) is 4.95. The van der Waals surface area contributed by atoms with Crippen molar-refractivity contribution in [3.05, 3.63) is 39.8 Å². The van der Waals surface area contributed by atoms with E-state index in [0.29, 0.717) is 0 Å². The van der Waals surface area contributed by atoms with E-state index in [1.54, 1.807) is 11.3 Å². The Morgan fingerprint density at radius 1 is 1.25 bits per heavy atom. The van der Waals surface area contributed by atoms with Crippen LogP contribution in [0.1, 0.15) is 47.5 Å². The summed E-state index contributed by atoms with van der Waals surface area (Å²) in [4.78, 5) is 6.15. The van der Waals surface area contributed by atoms with Crippen molar-refractivity contribution in [2.45, 2.75) is 40.7 Å². The van der Waals surface area contributed by atoms with Crippen molar-refractivity contribution in [2.24, 2.45) is 4.99 Å². The van der Waals surface area contributed by atoms with Crippen molar-refractivity contribution in [3.63, 3.8) is 0 Å². The largest absolute Gasteiger partial charge is 0.273 e. The van der Waals surface area contributed by atoms with Gasteiger partial charge in [0.25, 0.3) is 0 Å². The number of aromatic nitrogens is 3. The molecular weight excluding hydrogens is 268 g/mol. The number of rotatable bonds is 1. The van der Waals surface area contributed by atoms with Gasteiger partial charge in [-0.15, -0.1) is 21.5 Å². The minimum absolute atomic E-state index is 0.0118. The fourth-order valence-electron chi connectivity index (χ4n) is 2.59. The number of aryl methyl sites for hydroxylation is 2. The lowest BCUT2D eigenvalue weighted by molar-refractivity contribution is 0.724. The van der Waals surface area contributed by atoms with Gasteiger partial charge in [0.2, 0.25) is 0 Å². The number of thiophene rings is 1. The van der Waals surface area contributed by atoms with Crippen molar-refractivity contribution in [3.8, 4) is 5.00 Å². The van der Waals surface area contributed by atoms with Gasteiger partial charge in [-0.3, -0.25) is 9.56 Å². The standard InChI is InChI=1S/C15H18N4S/c1-7(2)13-12-8(3)10(5)20-15(12)19-11(6)17-18-14(19)9(4)16-13/h9H,1H2,2-6H3. The van der Waals surface area contributed by atoms with E-state index in [9.17, 15) is 0 Å². The highest BCUT2D eigenvalue weighted by Crippen LogP contribution is 2.38. The minimum Gasteiger partial charge on any atom is -0.273 e. The Balaban J connectivity index is 2.43. The molecule has 1 atom stereocenters. The van der Waals surface area contributed by atoms with Crippen molar-refractivity contribution in [1.82, 2.24) is 14.8 Å². The summed E-state index contributed by atoms with van der Waals surface area (Å²) >= 11 is 1.78. The molecule has 3 heterocycles. The van der Waals surface area contributed by atoms with Crippen LogP contribution in [-0.4, -0.2) is 20.5 Å². The number of nitrogens with zero attached hydrogens (tertiary/aromatic N) is 4. The molecule has 104 valence electrons. The lowest BCUT2D eigenvalue weighted by atomic mass is 10.0. The molecular formula is C15H18N4S. The quantitative estimate of drug-likeness (QED) is 0.802. The minimum atomic E-state index is -0.0118.